The molecule has 1 unspecified atom stereocenters. The normalized spacial score (nSPS) is 11.6. The Morgan fingerprint density at radius 1 is 1.17 bits per heavy atom. The van der Waals surface area contributed by atoms with Gasteiger partial charge in [-0.2, -0.15) is 17.6 Å². The smallest absolute Gasteiger partial charge is 0.326 e. The minimum Gasteiger partial charge on any atom is -0.480 e. The molecule has 2 amide bonds. The second-order valence-corrected chi connectivity index (χ2v) is 7.84. The zero-order valence-corrected chi connectivity index (χ0v) is 19.3. The predicted molar refractivity (Wildman–Crippen MR) is 131 cm³/mol. The van der Waals surface area contributed by atoms with E-state index in [1.54, 1.807) is 12.1 Å². The van der Waals surface area contributed by atoms with Crippen molar-refractivity contribution in [2.75, 3.05) is 23.3 Å². The van der Waals surface area contributed by atoms with Crippen LogP contribution >= 0.6 is 12.6 Å². The molecule has 3 aromatic rings. The van der Waals surface area contributed by atoms with Crippen LogP contribution in [0.3, 0.4) is 0 Å². The van der Waals surface area contributed by atoms with Gasteiger partial charge in [0.15, 0.2) is 11.2 Å². The van der Waals surface area contributed by atoms with Crippen LogP contribution in [0, 0.1) is 0 Å². The second-order valence-electron chi connectivity index (χ2n) is 7.39. The Labute approximate surface area is 204 Å². The lowest BCUT2D eigenvalue weighted by Crippen LogP contribution is -2.41. The molecule has 0 aliphatic carbocycles. The standard InChI is InChI=1S/C21H24N8O5S/c22-21-28-17-16(19(32)29-21)26-13(10-25-17)9-24-12-3-1-11(2-4-12)18(31)27-14(20(33)34)5-6-15(30)23-7-8-35/h1-4,10,14,24,35H,5-9H2,(H,23,30)(H,27,31)(H,33,34)(H3,22,25,28,29,32). The molecule has 0 fully saturated rings. The van der Waals surface area contributed by atoms with E-state index in [0.29, 0.717) is 23.7 Å². The number of anilines is 2. The molecule has 0 aliphatic heterocycles. The largest absolute Gasteiger partial charge is 0.480 e. The summed E-state index contributed by atoms with van der Waals surface area (Å²) in [6, 6.07) is 5.12. The van der Waals surface area contributed by atoms with E-state index in [2.05, 4.69) is 48.5 Å². The van der Waals surface area contributed by atoms with Gasteiger partial charge < -0.3 is 26.8 Å². The van der Waals surface area contributed by atoms with E-state index < -0.39 is 23.5 Å². The Morgan fingerprint density at radius 2 is 1.91 bits per heavy atom. The van der Waals surface area contributed by atoms with Gasteiger partial charge >= 0.3 is 5.97 Å². The number of nitrogens with two attached hydrogens (primary N) is 1. The monoisotopic (exact) mass is 500 g/mol. The molecule has 0 radical (unpaired) electrons. The number of nitrogens with zero attached hydrogens (tertiary/aromatic N) is 3. The highest BCUT2D eigenvalue weighted by molar-refractivity contribution is 7.80. The van der Waals surface area contributed by atoms with Gasteiger partial charge in [0.25, 0.3) is 11.5 Å². The van der Waals surface area contributed by atoms with Gasteiger partial charge in [0.05, 0.1) is 18.4 Å². The van der Waals surface area contributed by atoms with E-state index in [4.69, 9.17) is 5.73 Å². The number of carboxylic acid groups (broad SMARTS) is 1. The quantitative estimate of drug-likeness (QED) is 0.174. The Kier molecular flexibility index (Phi) is 8.56. The van der Waals surface area contributed by atoms with Crippen LogP contribution < -0.4 is 27.2 Å². The van der Waals surface area contributed by atoms with E-state index in [9.17, 15) is 24.3 Å². The van der Waals surface area contributed by atoms with Crippen molar-refractivity contribution < 1.29 is 19.5 Å². The molecule has 0 saturated heterocycles. The van der Waals surface area contributed by atoms with Crippen molar-refractivity contribution in [3.63, 3.8) is 0 Å². The van der Waals surface area contributed by atoms with Gasteiger partial charge in [0.2, 0.25) is 11.9 Å². The SMILES string of the molecule is Nc1nc2ncc(CNc3ccc(C(=O)NC(CCC(=O)NCCS)C(=O)O)cc3)nc2c(=O)[nH]1. The third-order valence-electron chi connectivity index (χ3n) is 4.80. The molecule has 2 heterocycles. The van der Waals surface area contributed by atoms with E-state index in [1.165, 1.54) is 18.3 Å². The van der Waals surface area contributed by atoms with Crippen LogP contribution in [0.2, 0.25) is 0 Å². The van der Waals surface area contributed by atoms with Crippen molar-refractivity contribution >= 4 is 53.2 Å². The summed E-state index contributed by atoms with van der Waals surface area (Å²) in [6.45, 7) is 0.624. The Hall–Kier alpha value is -4.20. The first-order chi connectivity index (χ1) is 16.8. The molecule has 1 aromatic carbocycles. The van der Waals surface area contributed by atoms with Crippen molar-refractivity contribution in [2.24, 2.45) is 0 Å². The third-order valence-corrected chi connectivity index (χ3v) is 5.03. The molecule has 7 N–H and O–H groups in total. The molecule has 0 bridgehead atoms. The number of hydrogen-bond donors (Lipinski definition) is 7. The molecule has 1 atom stereocenters. The molecule has 0 spiro atoms. The number of benzene rings is 1. The number of H-pyrrole nitrogens is 1. The van der Waals surface area contributed by atoms with Crippen molar-refractivity contribution in [2.45, 2.75) is 25.4 Å². The first kappa shape index (κ1) is 25.4. The van der Waals surface area contributed by atoms with Crippen molar-refractivity contribution in [3.8, 4) is 0 Å². The van der Waals surface area contributed by atoms with Crippen LogP contribution in [-0.4, -0.2) is 61.2 Å². The van der Waals surface area contributed by atoms with Gasteiger partial charge in [0, 0.05) is 30.0 Å². The van der Waals surface area contributed by atoms with Gasteiger partial charge in [0.1, 0.15) is 6.04 Å². The Bertz CT molecular complexity index is 1280. The molecule has 13 nitrogen and oxygen atoms in total. The number of hydrogen-bond acceptors (Lipinski definition) is 10. The number of carboxylic acids is 1. The van der Waals surface area contributed by atoms with Gasteiger partial charge in [-0.15, -0.1) is 0 Å². The molecule has 0 aliphatic rings. The summed E-state index contributed by atoms with van der Waals surface area (Å²) in [5, 5.41) is 17.5. The molecule has 3 rings (SSSR count). The summed E-state index contributed by atoms with van der Waals surface area (Å²) in [7, 11) is 0. The van der Waals surface area contributed by atoms with E-state index in [0.717, 1.165) is 0 Å². The number of thiol groups is 1. The summed E-state index contributed by atoms with van der Waals surface area (Å²) in [4.78, 5) is 62.2. The molecule has 184 valence electrons. The Balaban J connectivity index is 1.57. The third kappa shape index (κ3) is 7.14. The lowest BCUT2D eigenvalue weighted by Gasteiger charge is -2.15. The molecule has 35 heavy (non-hydrogen) atoms. The number of rotatable bonds is 11. The van der Waals surface area contributed by atoms with Crippen LogP contribution in [0.1, 0.15) is 28.9 Å². The van der Waals surface area contributed by atoms with Crippen LogP contribution in [0.5, 0.6) is 0 Å². The van der Waals surface area contributed by atoms with E-state index in [1.807, 2.05) is 0 Å². The van der Waals surface area contributed by atoms with Crippen LogP contribution in [0.15, 0.2) is 35.3 Å². The Morgan fingerprint density at radius 3 is 2.60 bits per heavy atom. The highest BCUT2D eigenvalue weighted by Gasteiger charge is 2.21. The number of nitrogen functional groups attached to an aromatic ring is 1. The summed E-state index contributed by atoms with van der Waals surface area (Å²) in [5.41, 5.74) is 6.60. The number of aromatic amines is 1. The topological polar surface area (TPSA) is 205 Å². The summed E-state index contributed by atoms with van der Waals surface area (Å²) in [5.74, 6) is -1.69. The number of carbonyl (C=O) groups is 3. The number of aliphatic carboxylic acids is 1. The molecule has 2 aromatic heterocycles. The average molecular weight is 501 g/mol. The lowest BCUT2D eigenvalue weighted by atomic mass is 10.1. The zero-order chi connectivity index (χ0) is 25.4. The highest BCUT2D eigenvalue weighted by atomic mass is 32.1. The fourth-order valence-electron chi connectivity index (χ4n) is 3.05. The minimum absolute atomic E-state index is 0.0408. The summed E-state index contributed by atoms with van der Waals surface area (Å²) >= 11 is 3.99. The molecular weight excluding hydrogens is 476 g/mol. The fraction of sp³-hybridized carbons (Fsp3) is 0.286. The first-order valence-corrected chi connectivity index (χ1v) is 11.2. The van der Waals surface area contributed by atoms with Crippen LogP contribution in [0.25, 0.3) is 11.2 Å². The van der Waals surface area contributed by atoms with E-state index >= 15 is 0 Å². The van der Waals surface area contributed by atoms with Gasteiger partial charge in [-0.1, -0.05) is 0 Å². The second kappa shape index (κ2) is 11.8. The zero-order valence-electron chi connectivity index (χ0n) is 18.4. The van der Waals surface area contributed by atoms with Gasteiger partial charge in [-0.05, 0) is 30.7 Å². The maximum Gasteiger partial charge on any atom is 0.326 e. The fourth-order valence-corrected chi connectivity index (χ4v) is 3.16. The van der Waals surface area contributed by atoms with Crippen LogP contribution in [-0.2, 0) is 16.1 Å². The van der Waals surface area contributed by atoms with Crippen LogP contribution in [0.4, 0.5) is 11.6 Å². The maximum atomic E-state index is 12.5. The van der Waals surface area contributed by atoms with Gasteiger partial charge in [-0.3, -0.25) is 19.4 Å². The first-order valence-electron chi connectivity index (χ1n) is 10.5. The number of nitrogens with one attached hydrogen (secondary N) is 4. The lowest BCUT2D eigenvalue weighted by molar-refractivity contribution is -0.139. The molecular formula is C21H24N8O5S. The number of fused-ring (bicyclic) bond motifs is 1. The van der Waals surface area contributed by atoms with E-state index in [-0.39, 0.29) is 48.0 Å². The summed E-state index contributed by atoms with van der Waals surface area (Å²) in [6.07, 6.45) is 1.38. The summed E-state index contributed by atoms with van der Waals surface area (Å²) < 4.78 is 0. The maximum absolute atomic E-state index is 12.5. The number of amides is 2. The van der Waals surface area contributed by atoms with Gasteiger partial charge in [-0.25, -0.2) is 14.8 Å². The average Bonchev–Trinajstić information content (AvgIpc) is 2.84. The highest BCUT2D eigenvalue weighted by Crippen LogP contribution is 2.12. The predicted octanol–water partition coefficient (Wildman–Crippen LogP) is -0.0834. The number of aromatic nitrogens is 4. The van der Waals surface area contributed by atoms with Crippen molar-refractivity contribution in [1.29, 1.82) is 0 Å². The van der Waals surface area contributed by atoms with Crippen molar-refractivity contribution in [3.05, 3.63) is 52.1 Å². The molecule has 14 heteroatoms. The number of carbonyl (C=O) groups excluding carboxylic acids is 2. The molecule has 0 saturated carbocycles. The minimum atomic E-state index is -1.23. The van der Waals surface area contributed by atoms with Crippen molar-refractivity contribution in [1.82, 2.24) is 30.6 Å².